The number of carbonyl (C=O) groups excluding carboxylic acids is 3. The molecule has 10 nitrogen and oxygen atoms in total. The Kier molecular flexibility index (Phi) is 7.52. The van der Waals surface area contributed by atoms with Gasteiger partial charge in [-0.2, -0.15) is 0 Å². The standard InChI is InChI=1S/C34H28ClN5O5/c1-19(40-33(42)23-9-5-6-10-24(23)34(40)43)28-14-11-20(17-44-28)39-32-29-26(16-36-31(29)37-18-38-32)30(41)25-13-12-22(15-27(25)35)45-21-7-3-2-4-8-21/h2-10,12-13,15-16,18-20,28H,11,14,17H2,1H3,(H2,36,37,38,39)/t19-,20+,28+/m0/s1. The first-order valence-electron chi connectivity index (χ1n) is 14.6. The summed E-state index contributed by atoms with van der Waals surface area (Å²) in [5.41, 5.74) is 2.04. The highest BCUT2D eigenvalue weighted by atomic mass is 35.5. The molecule has 2 amide bonds. The maximum atomic E-state index is 13.7. The zero-order chi connectivity index (χ0) is 31.1. The summed E-state index contributed by atoms with van der Waals surface area (Å²) in [7, 11) is 0. The van der Waals surface area contributed by atoms with E-state index in [-0.39, 0.29) is 34.8 Å². The number of aromatic nitrogens is 3. The van der Waals surface area contributed by atoms with Crippen LogP contribution in [0, 0.1) is 0 Å². The third-order valence-electron chi connectivity index (χ3n) is 8.30. The fourth-order valence-electron chi connectivity index (χ4n) is 5.97. The predicted octanol–water partition coefficient (Wildman–Crippen LogP) is 6.28. The van der Waals surface area contributed by atoms with Crippen LogP contribution in [0.1, 0.15) is 56.4 Å². The highest BCUT2D eigenvalue weighted by Gasteiger charge is 2.42. The van der Waals surface area contributed by atoms with Crippen molar-refractivity contribution in [1.82, 2.24) is 19.9 Å². The number of benzene rings is 3. The number of nitrogens with one attached hydrogen (secondary N) is 2. The molecular formula is C34H28ClN5O5. The molecule has 3 aromatic carbocycles. The van der Waals surface area contributed by atoms with Gasteiger partial charge in [0, 0.05) is 17.8 Å². The van der Waals surface area contributed by atoms with Crippen LogP contribution in [0.5, 0.6) is 11.5 Å². The zero-order valence-electron chi connectivity index (χ0n) is 24.2. The third kappa shape index (κ3) is 5.32. The second-order valence-electron chi connectivity index (χ2n) is 11.1. The highest BCUT2D eigenvalue weighted by Crippen LogP contribution is 2.33. The van der Waals surface area contributed by atoms with Crippen molar-refractivity contribution in [2.45, 2.75) is 38.0 Å². The number of ketones is 1. The number of halogens is 1. The predicted molar refractivity (Wildman–Crippen MR) is 168 cm³/mol. The summed E-state index contributed by atoms with van der Waals surface area (Å²) in [5, 5.41) is 4.22. The van der Waals surface area contributed by atoms with Crippen molar-refractivity contribution in [3.05, 3.63) is 113 Å². The number of carbonyl (C=O) groups is 3. The van der Waals surface area contributed by atoms with Crippen LogP contribution in [0.3, 0.4) is 0 Å². The molecule has 5 aromatic rings. The van der Waals surface area contributed by atoms with E-state index in [1.807, 2.05) is 37.3 Å². The Morgan fingerprint density at radius 3 is 2.40 bits per heavy atom. The zero-order valence-corrected chi connectivity index (χ0v) is 25.0. The van der Waals surface area contributed by atoms with Gasteiger partial charge >= 0.3 is 0 Å². The number of para-hydroxylation sites is 1. The van der Waals surface area contributed by atoms with Gasteiger partial charge < -0.3 is 19.8 Å². The van der Waals surface area contributed by atoms with E-state index in [0.29, 0.717) is 70.1 Å². The number of nitrogens with zero attached hydrogens (tertiary/aromatic N) is 3. The molecule has 2 aliphatic heterocycles. The monoisotopic (exact) mass is 621 g/mol. The summed E-state index contributed by atoms with van der Waals surface area (Å²) in [4.78, 5) is 52.8. The Balaban J connectivity index is 1.05. The lowest BCUT2D eigenvalue weighted by molar-refractivity contribution is -0.0302. The van der Waals surface area contributed by atoms with E-state index in [9.17, 15) is 14.4 Å². The lowest BCUT2D eigenvalue weighted by Crippen LogP contribution is -2.49. The first-order valence-corrected chi connectivity index (χ1v) is 15.0. The molecule has 45 heavy (non-hydrogen) atoms. The van der Waals surface area contributed by atoms with Crippen molar-refractivity contribution in [3.63, 3.8) is 0 Å². The summed E-state index contributed by atoms with van der Waals surface area (Å²) in [5.74, 6) is 0.792. The van der Waals surface area contributed by atoms with E-state index in [2.05, 4.69) is 20.3 Å². The normalized spacial score (nSPS) is 18.6. The smallest absolute Gasteiger partial charge is 0.261 e. The first-order chi connectivity index (χ1) is 21.9. The van der Waals surface area contributed by atoms with E-state index < -0.39 is 6.04 Å². The Morgan fingerprint density at radius 2 is 1.71 bits per heavy atom. The van der Waals surface area contributed by atoms with E-state index in [1.54, 1.807) is 48.7 Å². The molecule has 2 aromatic heterocycles. The molecule has 2 N–H and O–H groups in total. The first kappa shape index (κ1) is 28.7. The Hall–Kier alpha value is -5.06. The summed E-state index contributed by atoms with van der Waals surface area (Å²) >= 11 is 6.56. The molecule has 7 rings (SSSR count). The van der Waals surface area contributed by atoms with Crippen LogP contribution in [0.2, 0.25) is 5.02 Å². The van der Waals surface area contributed by atoms with Crippen LogP contribution in [0.4, 0.5) is 5.82 Å². The summed E-state index contributed by atoms with van der Waals surface area (Å²) in [6.45, 7) is 2.17. The Bertz CT molecular complexity index is 1900. The van der Waals surface area contributed by atoms with Gasteiger partial charge in [0.25, 0.3) is 11.8 Å². The van der Waals surface area contributed by atoms with E-state index in [0.717, 1.165) is 0 Å². The largest absolute Gasteiger partial charge is 0.457 e. The third-order valence-corrected chi connectivity index (χ3v) is 8.61. The average Bonchev–Trinajstić information content (AvgIpc) is 3.61. The molecule has 11 heteroatoms. The molecule has 0 bridgehead atoms. The molecule has 1 saturated heterocycles. The molecular weight excluding hydrogens is 594 g/mol. The van der Waals surface area contributed by atoms with Gasteiger partial charge in [0.05, 0.1) is 51.9 Å². The molecule has 0 unspecified atom stereocenters. The van der Waals surface area contributed by atoms with Gasteiger partial charge in [0.1, 0.15) is 29.3 Å². The minimum Gasteiger partial charge on any atom is -0.457 e. The summed E-state index contributed by atoms with van der Waals surface area (Å²) in [6.07, 6.45) is 4.04. The number of aromatic amines is 1. The van der Waals surface area contributed by atoms with Gasteiger partial charge in [0.2, 0.25) is 0 Å². The van der Waals surface area contributed by atoms with Crippen LogP contribution in [0.25, 0.3) is 11.0 Å². The highest BCUT2D eigenvalue weighted by molar-refractivity contribution is 6.35. The number of amides is 2. The minimum absolute atomic E-state index is 0.121. The number of H-pyrrole nitrogens is 1. The van der Waals surface area contributed by atoms with Crippen LogP contribution in [-0.4, -0.2) is 62.2 Å². The van der Waals surface area contributed by atoms with Crippen LogP contribution in [-0.2, 0) is 4.74 Å². The fraction of sp³-hybridized carbons (Fsp3) is 0.206. The van der Waals surface area contributed by atoms with Crippen molar-refractivity contribution in [2.75, 3.05) is 11.9 Å². The van der Waals surface area contributed by atoms with Gasteiger partial charge in [-0.05, 0) is 56.2 Å². The summed E-state index contributed by atoms with van der Waals surface area (Å²) < 4.78 is 12.0. The van der Waals surface area contributed by atoms with Crippen LogP contribution in [0.15, 0.2) is 85.3 Å². The maximum Gasteiger partial charge on any atom is 0.261 e. The SMILES string of the molecule is C[C@@H]([C@H]1CC[C@@H](Nc2ncnc3[nH]cc(C(=O)c4ccc(Oc5ccccc5)cc4Cl)c23)CO1)N1C(=O)c2ccccc2C1=O. The van der Waals surface area contributed by atoms with Crippen molar-refractivity contribution < 1.29 is 23.9 Å². The van der Waals surface area contributed by atoms with E-state index >= 15 is 0 Å². The van der Waals surface area contributed by atoms with E-state index in [4.69, 9.17) is 21.1 Å². The second-order valence-corrected chi connectivity index (χ2v) is 11.5. The molecule has 3 atom stereocenters. The van der Waals surface area contributed by atoms with Gasteiger partial charge in [-0.1, -0.05) is 41.9 Å². The number of ether oxygens (including phenoxy) is 2. The lowest BCUT2D eigenvalue weighted by Gasteiger charge is -2.36. The quantitative estimate of drug-likeness (QED) is 0.153. The van der Waals surface area contributed by atoms with Crippen LogP contribution >= 0.6 is 11.6 Å². The molecule has 0 spiro atoms. The minimum atomic E-state index is -0.424. The van der Waals surface area contributed by atoms with Gasteiger partial charge in [0.15, 0.2) is 5.78 Å². The second kappa shape index (κ2) is 11.8. The van der Waals surface area contributed by atoms with Crippen molar-refractivity contribution in [3.8, 4) is 11.5 Å². The Morgan fingerprint density at radius 1 is 0.978 bits per heavy atom. The molecule has 0 radical (unpaired) electrons. The lowest BCUT2D eigenvalue weighted by atomic mass is 9.99. The van der Waals surface area contributed by atoms with Crippen molar-refractivity contribution in [2.24, 2.45) is 0 Å². The molecule has 226 valence electrons. The molecule has 0 aliphatic carbocycles. The number of hydrogen-bond acceptors (Lipinski definition) is 8. The topological polar surface area (TPSA) is 127 Å². The number of hydrogen-bond donors (Lipinski definition) is 2. The molecule has 2 aliphatic rings. The number of anilines is 1. The van der Waals surface area contributed by atoms with Crippen molar-refractivity contribution >= 4 is 46.0 Å². The fourth-order valence-corrected chi connectivity index (χ4v) is 6.22. The van der Waals surface area contributed by atoms with Gasteiger partial charge in [-0.15, -0.1) is 0 Å². The Labute approximate surface area is 263 Å². The maximum absolute atomic E-state index is 13.7. The number of rotatable bonds is 8. The van der Waals surface area contributed by atoms with Crippen molar-refractivity contribution in [1.29, 1.82) is 0 Å². The molecule has 4 heterocycles. The van der Waals surface area contributed by atoms with Crippen LogP contribution < -0.4 is 10.1 Å². The molecule has 0 saturated carbocycles. The average molecular weight is 622 g/mol. The van der Waals surface area contributed by atoms with Gasteiger partial charge in [-0.25, -0.2) is 9.97 Å². The number of imide groups is 1. The van der Waals surface area contributed by atoms with E-state index in [1.165, 1.54) is 11.2 Å². The van der Waals surface area contributed by atoms with Gasteiger partial charge in [-0.3, -0.25) is 19.3 Å². The number of fused-ring (bicyclic) bond motifs is 2. The summed E-state index contributed by atoms with van der Waals surface area (Å²) in [6, 6.07) is 20.6. The molecule has 1 fully saturated rings.